The van der Waals surface area contributed by atoms with E-state index in [4.69, 9.17) is 5.11 Å². The first-order chi connectivity index (χ1) is 9.88. The Morgan fingerprint density at radius 1 is 1.19 bits per heavy atom. The number of rotatable bonds is 7. The SMILES string of the molecule is CC(=O)NCc1ccc(C(=O)NC(C)CCC(=O)O)cc1. The molecular weight excluding hydrogens is 272 g/mol. The number of carbonyl (C=O) groups excluding carboxylic acids is 2. The van der Waals surface area contributed by atoms with Gasteiger partial charge >= 0.3 is 5.97 Å². The third-order valence-electron chi connectivity index (χ3n) is 2.93. The predicted octanol–water partition coefficient (Wildman–Crippen LogP) is 1.31. The van der Waals surface area contributed by atoms with Crippen molar-refractivity contribution in [1.29, 1.82) is 0 Å². The molecule has 0 aromatic heterocycles. The Hall–Kier alpha value is -2.37. The number of aliphatic carboxylic acids is 1. The lowest BCUT2D eigenvalue weighted by molar-refractivity contribution is -0.137. The summed E-state index contributed by atoms with van der Waals surface area (Å²) in [4.78, 5) is 33.2. The molecule has 0 heterocycles. The van der Waals surface area contributed by atoms with Gasteiger partial charge in [0.15, 0.2) is 0 Å². The average molecular weight is 292 g/mol. The van der Waals surface area contributed by atoms with Crippen LogP contribution in [0.15, 0.2) is 24.3 Å². The van der Waals surface area contributed by atoms with Gasteiger partial charge in [-0.1, -0.05) is 12.1 Å². The molecule has 6 nitrogen and oxygen atoms in total. The van der Waals surface area contributed by atoms with Crippen LogP contribution >= 0.6 is 0 Å². The van der Waals surface area contributed by atoms with Crippen molar-refractivity contribution in [1.82, 2.24) is 10.6 Å². The molecule has 1 aromatic rings. The van der Waals surface area contributed by atoms with Crippen LogP contribution < -0.4 is 10.6 Å². The zero-order valence-corrected chi connectivity index (χ0v) is 12.2. The van der Waals surface area contributed by atoms with Gasteiger partial charge in [-0.2, -0.15) is 0 Å². The van der Waals surface area contributed by atoms with Crippen molar-refractivity contribution >= 4 is 17.8 Å². The highest BCUT2D eigenvalue weighted by molar-refractivity contribution is 5.94. The summed E-state index contributed by atoms with van der Waals surface area (Å²) >= 11 is 0. The van der Waals surface area contributed by atoms with Crippen LogP contribution in [0.5, 0.6) is 0 Å². The van der Waals surface area contributed by atoms with Crippen LogP contribution in [0.4, 0.5) is 0 Å². The molecule has 0 aliphatic carbocycles. The van der Waals surface area contributed by atoms with Gasteiger partial charge in [-0.3, -0.25) is 14.4 Å². The van der Waals surface area contributed by atoms with E-state index in [0.29, 0.717) is 18.5 Å². The van der Waals surface area contributed by atoms with Crippen LogP contribution in [-0.4, -0.2) is 28.9 Å². The molecule has 1 atom stereocenters. The molecule has 0 aliphatic rings. The second-order valence-electron chi connectivity index (χ2n) is 4.91. The van der Waals surface area contributed by atoms with Gasteiger partial charge in [0.05, 0.1) is 0 Å². The fourth-order valence-corrected chi connectivity index (χ4v) is 1.72. The molecule has 0 spiro atoms. The summed E-state index contributed by atoms with van der Waals surface area (Å²) < 4.78 is 0. The molecule has 0 fully saturated rings. The number of carboxylic acids is 1. The van der Waals surface area contributed by atoms with Gasteiger partial charge in [-0.25, -0.2) is 0 Å². The Morgan fingerprint density at radius 3 is 2.33 bits per heavy atom. The van der Waals surface area contributed by atoms with Crippen molar-refractivity contribution < 1.29 is 19.5 Å². The van der Waals surface area contributed by atoms with E-state index < -0.39 is 5.97 Å². The van der Waals surface area contributed by atoms with Crippen LogP contribution in [0.1, 0.15) is 42.6 Å². The first-order valence-corrected chi connectivity index (χ1v) is 6.74. The molecule has 3 N–H and O–H groups in total. The van der Waals surface area contributed by atoms with Crippen LogP contribution in [0, 0.1) is 0 Å². The molecule has 2 amide bonds. The quantitative estimate of drug-likeness (QED) is 0.706. The van der Waals surface area contributed by atoms with Gasteiger partial charge < -0.3 is 15.7 Å². The Morgan fingerprint density at radius 2 is 1.81 bits per heavy atom. The van der Waals surface area contributed by atoms with E-state index in [-0.39, 0.29) is 24.3 Å². The number of hydrogen-bond acceptors (Lipinski definition) is 3. The Bertz CT molecular complexity index is 511. The monoisotopic (exact) mass is 292 g/mol. The van der Waals surface area contributed by atoms with E-state index in [0.717, 1.165) is 5.56 Å². The highest BCUT2D eigenvalue weighted by Gasteiger charge is 2.11. The smallest absolute Gasteiger partial charge is 0.303 e. The molecular formula is C15H20N2O4. The highest BCUT2D eigenvalue weighted by atomic mass is 16.4. The summed E-state index contributed by atoms with van der Waals surface area (Å²) in [6, 6.07) is 6.69. The molecule has 0 saturated carbocycles. The fraction of sp³-hybridized carbons (Fsp3) is 0.400. The van der Waals surface area contributed by atoms with E-state index in [9.17, 15) is 14.4 Å². The van der Waals surface area contributed by atoms with Gasteiger partial charge in [0.25, 0.3) is 5.91 Å². The van der Waals surface area contributed by atoms with E-state index in [1.807, 2.05) is 0 Å². The minimum Gasteiger partial charge on any atom is -0.481 e. The van der Waals surface area contributed by atoms with Crippen molar-refractivity contribution in [3.8, 4) is 0 Å². The Labute approximate surface area is 123 Å². The summed E-state index contributed by atoms with van der Waals surface area (Å²) in [5.41, 5.74) is 1.41. The first kappa shape index (κ1) is 16.7. The standard InChI is InChI=1S/C15H20N2O4/c1-10(3-8-14(19)20)17-15(21)13-6-4-12(5-7-13)9-16-11(2)18/h4-7,10H,3,8-9H2,1-2H3,(H,16,18)(H,17,21)(H,19,20). The second-order valence-corrected chi connectivity index (χ2v) is 4.91. The van der Waals surface area contributed by atoms with Gasteiger partial charge in [0.1, 0.15) is 0 Å². The lowest BCUT2D eigenvalue weighted by Gasteiger charge is -2.13. The predicted molar refractivity (Wildman–Crippen MR) is 77.8 cm³/mol. The molecule has 6 heteroatoms. The fourth-order valence-electron chi connectivity index (χ4n) is 1.72. The van der Waals surface area contributed by atoms with Gasteiger partial charge in [0, 0.05) is 31.5 Å². The third-order valence-corrected chi connectivity index (χ3v) is 2.93. The number of carboxylic acid groups (broad SMARTS) is 1. The topological polar surface area (TPSA) is 95.5 Å². The molecule has 0 bridgehead atoms. The number of hydrogen-bond donors (Lipinski definition) is 3. The van der Waals surface area contributed by atoms with E-state index in [2.05, 4.69) is 10.6 Å². The van der Waals surface area contributed by atoms with E-state index >= 15 is 0 Å². The van der Waals surface area contributed by atoms with Gasteiger partial charge in [-0.05, 0) is 31.0 Å². The van der Waals surface area contributed by atoms with Crippen molar-refractivity contribution in [3.05, 3.63) is 35.4 Å². The number of amides is 2. The Kier molecular flexibility index (Phi) is 6.39. The molecule has 0 aliphatic heterocycles. The summed E-state index contributed by atoms with van der Waals surface area (Å²) in [7, 11) is 0. The van der Waals surface area contributed by atoms with Gasteiger partial charge in [-0.15, -0.1) is 0 Å². The number of nitrogens with one attached hydrogen (secondary N) is 2. The molecule has 0 saturated heterocycles. The minimum atomic E-state index is -0.876. The van der Waals surface area contributed by atoms with Crippen LogP contribution in [0.25, 0.3) is 0 Å². The number of benzene rings is 1. The van der Waals surface area contributed by atoms with Crippen molar-refractivity contribution in [2.75, 3.05) is 0 Å². The normalized spacial score (nSPS) is 11.5. The van der Waals surface area contributed by atoms with E-state index in [1.165, 1.54) is 6.92 Å². The van der Waals surface area contributed by atoms with Crippen molar-refractivity contribution in [2.24, 2.45) is 0 Å². The lowest BCUT2D eigenvalue weighted by Crippen LogP contribution is -2.32. The highest BCUT2D eigenvalue weighted by Crippen LogP contribution is 2.06. The maximum Gasteiger partial charge on any atom is 0.303 e. The zero-order chi connectivity index (χ0) is 15.8. The summed E-state index contributed by atoms with van der Waals surface area (Å²) in [6.45, 7) is 3.64. The lowest BCUT2D eigenvalue weighted by atomic mass is 10.1. The van der Waals surface area contributed by atoms with Crippen LogP contribution in [0.3, 0.4) is 0 Å². The summed E-state index contributed by atoms with van der Waals surface area (Å²) in [6.07, 6.45) is 0.415. The van der Waals surface area contributed by atoms with Crippen LogP contribution in [-0.2, 0) is 16.1 Å². The third kappa shape index (κ3) is 6.56. The minimum absolute atomic E-state index is 0.0249. The molecule has 1 unspecified atom stereocenters. The second kappa shape index (κ2) is 8.04. The largest absolute Gasteiger partial charge is 0.481 e. The maximum atomic E-state index is 11.9. The maximum absolute atomic E-state index is 11.9. The summed E-state index contributed by atoms with van der Waals surface area (Å²) in [5, 5.41) is 14.0. The zero-order valence-electron chi connectivity index (χ0n) is 12.2. The first-order valence-electron chi connectivity index (χ1n) is 6.74. The summed E-state index contributed by atoms with van der Waals surface area (Å²) in [5.74, 6) is -1.22. The molecule has 114 valence electrons. The van der Waals surface area contributed by atoms with Gasteiger partial charge in [0.2, 0.25) is 5.91 Å². The van der Waals surface area contributed by atoms with Crippen molar-refractivity contribution in [2.45, 2.75) is 39.3 Å². The molecule has 1 aromatic carbocycles. The van der Waals surface area contributed by atoms with Crippen molar-refractivity contribution in [3.63, 3.8) is 0 Å². The van der Waals surface area contributed by atoms with Crippen LogP contribution in [0.2, 0.25) is 0 Å². The average Bonchev–Trinajstić information content (AvgIpc) is 2.43. The Balaban J connectivity index is 2.50. The molecule has 0 radical (unpaired) electrons. The molecule has 1 rings (SSSR count). The number of carbonyl (C=O) groups is 3. The molecule has 21 heavy (non-hydrogen) atoms. The van der Waals surface area contributed by atoms with E-state index in [1.54, 1.807) is 31.2 Å².